The Morgan fingerprint density at radius 1 is 1.12 bits per heavy atom. The van der Waals surface area contributed by atoms with E-state index >= 15 is 0 Å². The Morgan fingerprint density at radius 2 is 1.91 bits per heavy atom. The summed E-state index contributed by atoms with van der Waals surface area (Å²) in [5.74, 6) is 1.08. The number of fused-ring (bicyclic) bond motifs is 3. The molecule has 1 aliphatic heterocycles. The van der Waals surface area contributed by atoms with Crippen molar-refractivity contribution in [3.05, 3.63) is 59.0 Å². The molecule has 0 fully saturated rings. The van der Waals surface area contributed by atoms with Gasteiger partial charge in [0.25, 0.3) is 5.91 Å². The van der Waals surface area contributed by atoms with Crippen molar-refractivity contribution >= 4 is 17.8 Å². The minimum atomic E-state index is -0.232. The molecule has 0 spiro atoms. The fourth-order valence-corrected chi connectivity index (χ4v) is 3.71. The van der Waals surface area contributed by atoms with Crippen molar-refractivity contribution < 1.29 is 9.59 Å². The van der Waals surface area contributed by atoms with Gasteiger partial charge in [0.15, 0.2) is 5.82 Å². The molecular weight excluding hydrogens is 406 g/mol. The number of amides is 3. The zero-order valence-electron chi connectivity index (χ0n) is 18.8. The third kappa shape index (κ3) is 4.32. The Balaban J connectivity index is 1.68. The number of urea groups is 1. The molecule has 166 valence electrons. The van der Waals surface area contributed by atoms with Gasteiger partial charge in [-0.25, -0.2) is 14.8 Å². The zero-order chi connectivity index (χ0) is 22.8. The molecule has 9 nitrogen and oxygen atoms in total. The molecule has 3 heterocycles. The van der Waals surface area contributed by atoms with Crippen LogP contribution >= 0.6 is 0 Å². The van der Waals surface area contributed by atoms with E-state index in [2.05, 4.69) is 15.4 Å². The molecule has 9 heteroatoms. The smallest absolute Gasteiger partial charge is 0.322 e. The number of aryl methyl sites for hydroxylation is 2. The molecule has 0 atom stereocenters. The maximum Gasteiger partial charge on any atom is 0.322 e. The van der Waals surface area contributed by atoms with Crippen molar-refractivity contribution in [3.8, 4) is 11.4 Å². The Kier molecular flexibility index (Phi) is 5.89. The number of anilines is 1. The average Bonchev–Trinajstić information content (AvgIpc) is 3.08. The van der Waals surface area contributed by atoms with Gasteiger partial charge in [-0.3, -0.25) is 14.8 Å². The molecule has 0 radical (unpaired) electrons. The van der Waals surface area contributed by atoms with Crippen LogP contribution in [-0.4, -0.2) is 69.7 Å². The third-order valence-corrected chi connectivity index (χ3v) is 5.40. The van der Waals surface area contributed by atoms with Crippen molar-refractivity contribution in [2.45, 2.75) is 25.8 Å². The van der Waals surface area contributed by atoms with Crippen LogP contribution in [0.4, 0.5) is 10.6 Å². The van der Waals surface area contributed by atoms with Crippen LogP contribution in [-0.2, 0) is 19.4 Å². The van der Waals surface area contributed by atoms with Crippen LogP contribution < -0.4 is 5.32 Å². The van der Waals surface area contributed by atoms with Gasteiger partial charge in [-0.2, -0.15) is 5.10 Å². The first-order chi connectivity index (χ1) is 15.3. The lowest BCUT2D eigenvalue weighted by Crippen LogP contribution is -2.27. The van der Waals surface area contributed by atoms with E-state index in [1.165, 1.54) is 4.90 Å². The molecule has 3 amide bonds. The van der Waals surface area contributed by atoms with Gasteiger partial charge in [0.2, 0.25) is 0 Å². The van der Waals surface area contributed by atoms with Crippen molar-refractivity contribution in [2.24, 2.45) is 0 Å². The molecule has 1 N–H and O–H groups in total. The van der Waals surface area contributed by atoms with Crippen LogP contribution in [0.1, 0.15) is 33.7 Å². The number of rotatable bonds is 4. The second-order valence-corrected chi connectivity index (χ2v) is 8.26. The summed E-state index contributed by atoms with van der Waals surface area (Å²) in [5.41, 5.74) is 4.26. The molecule has 4 rings (SSSR count). The Hall–Kier alpha value is -3.75. The van der Waals surface area contributed by atoms with E-state index in [-0.39, 0.29) is 11.9 Å². The molecular formula is C23H27N7O2. The lowest BCUT2D eigenvalue weighted by Gasteiger charge is -2.14. The fourth-order valence-electron chi connectivity index (χ4n) is 3.71. The molecule has 0 unspecified atom stereocenters. The first kappa shape index (κ1) is 21.5. The first-order valence-corrected chi connectivity index (χ1v) is 10.5. The molecule has 1 aromatic carbocycles. The molecule has 0 saturated carbocycles. The highest BCUT2D eigenvalue weighted by atomic mass is 16.2. The van der Waals surface area contributed by atoms with Gasteiger partial charge < -0.3 is 9.80 Å². The molecule has 2 aromatic heterocycles. The van der Waals surface area contributed by atoms with Crippen LogP contribution in [0.15, 0.2) is 36.5 Å². The van der Waals surface area contributed by atoms with E-state index in [0.29, 0.717) is 23.6 Å². The lowest BCUT2D eigenvalue weighted by molar-refractivity contribution is 0.0826. The largest absolute Gasteiger partial charge is 0.345 e. The van der Waals surface area contributed by atoms with Gasteiger partial charge in [-0.15, -0.1) is 0 Å². The highest BCUT2D eigenvalue weighted by molar-refractivity contribution is 5.95. The summed E-state index contributed by atoms with van der Waals surface area (Å²) in [5, 5.41) is 7.35. The van der Waals surface area contributed by atoms with Gasteiger partial charge in [-0.05, 0) is 30.0 Å². The number of nitrogens with one attached hydrogen (secondary N) is 1. The van der Waals surface area contributed by atoms with E-state index in [9.17, 15) is 9.59 Å². The second-order valence-electron chi connectivity index (χ2n) is 8.26. The van der Waals surface area contributed by atoms with Gasteiger partial charge in [-0.1, -0.05) is 18.2 Å². The summed E-state index contributed by atoms with van der Waals surface area (Å²) in [7, 11) is 6.85. The van der Waals surface area contributed by atoms with Crippen molar-refractivity contribution in [3.63, 3.8) is 0 Å². The van der Waals surface area contributed by atoms with E-state index in [1.807, 2.05) is 41.2 Å². The number of hydrogen-bond donors (Lipinski definition) is 1. The number of aromatic nitrogens is 4. The second kappa shape index (κ2) is 8.78. The molecule has 0 bridgehead atoms. The zero-order valence-corrected chi connectivity index (χ0v) is 18.8. The van der Waals surface area contributed by atoms with Crippen LogP contribution in [0.25, 0.3) is 11.4 Å². The maximum absolute atomic E-state index is 12.6. The molecule has 3 aromatic rings. The Bertz CT molecular complexity index is 1170. The monoisotopic (exact) mass is 433 g/mol. The quantitative estimate of drug-likeness (QED) is 0.682. The van der Waals surface area contributed by atoms with Crippen LogP contribution in [0.3, 0.4) is 0 Å². The van der Waals surface area contributed by atoms with Crippen molar-refractivity contribution in [1.82, 2.24) is 29.5 Å². The molecule has 32 heavy (non-hydrogen) atoms. The Labute approximate surface area is 187 Å². The van der Waals surface area contributed by atoms with Crippen molar-refractivity contribution in [1.29, 1.82) is 0 Å². The molecule has 0 saturated heterocycles. The normalized spacial score (nSPS) is 12.4. The highest BCUT2D eigenvalue weighted by Crippen LogP contribution is 2.29. The van der Waals surface area contributed by atoms with Gasteiger partial charge >= 0.3 is 6.03 Å². The van der Waals surface area contributed by atoms with Gasteiger partial charge in [0, 0.05) is 59.0 Å². The van der Waals surface area contributed by atoms with Crippen molar-refractivity contribution in [2.75, 3.05) is 33.5 Å². The number of carbonyl (C=O) groups is 2. The summed E-state index contributed by atoms with van der Waals surface area (Å²) in [6, 6.07) is 9.16. The summed E-state index contributed by atoms with van der Waals surface area (Å²) in [4.78, 5) is 37.1. The summed E-state index contributed by atoms with van der Waals surface area (Å²) < 4.78 is 1.89. The fraction of sp³-hybridized carbons (Fsp3) is 0.348. The summed E-state index contributed by atoms with van der Waals surface area (Å²) >= 11 is 0. The Morgan fingerprint density at radius 3 is 2.66 bits per heavy atom. The summed E-state index contributed by atoms with van der Waals surface area (Å²) in [6.45, 7) is 0.735. The summed E-state index contributed by atoms with van der Waals surface area (Å²) in [6.07, 6.45) is 4.08. The standard InChI is InChI=1S/C23H27N7O2/c1-28(2)22(31)17-10-6-5-8-15(17)12-19-24-14-16-9-7-11-30-18(21(16)25-19)13-20(27-30)26-23(32)29(3)4/h5-6,8,10,13-14H,7,9,11-12H2,1-4H3,(H,26,27,32). The van der Waals surface area contributed by atoms with Crippen LogP contribution in [0, 0.1) is 0 Å². The number of carbonyl (C=O) groups excluding carboxylic acids is 2. The van der Waals surface area contributed by atoms with E-state index in [0.717, 1.165) is 41.9 Å². The number of benzene rings is 1. The highest BCUT2D eigenvalue weighted by Gasteiger charge is 2.21. The minimum absolute atomic E-state index is 0.0466. The number of hydrogen-bond acceptors (Lipinski definition) is 5. The first-order valence-electron chi connectivity index (χ1n) is 10.5. The lowest BCUT2D eigenvalue weighted by atomic mass is 10.0. The number of nitrogens with zero attached hydrogens (tertiary/aromatic N) is 6. The minimum Gasteiger partial charge on any atom is -0.345 e. The van der Waals surface area contributed by atoms with Gasteiger partial charge in [0.05, 0.1) is 11.4 Å². The predicted molar refractivity (Wildman–Crippen MR) is 122 cm³/mol. The van der Waals surface area contributed by atoms with Crippen LogP contribution in [0.5, 0.6) is 0 Å². The average molecular weight is 434 g/mol. The van der Waals surface area contributed by atoms with Gasteiger partial charge in [0.1, 0.15) is 5.82 Å². The molecule has 0 aliphatic carbocycles. The SMILES string of the molecule is CN(C)C(=O)Nc1cc2n(n1)CCCc1cnc(Cc3ccccc3C(=O)N(C)C)nc1-2. The topological polar surface area (TPSA) is 96.2 Å². The van der Waals surface area contributed by atoms with Crippen LogP contribution in [0.2, 0.25) is 0 Å². The van der Waals surface area contributed by atoms with E-state index < -0.39 is 0 Å². The molecule has 1 aliphatic rings. The third-order valence-electron chi connectivity index (χ3n) is 5.40. The van der Waals surface area contributed by atoms with E-state index in [1.54, 1.807) is 33.1 Å². The van der Waals surface area contributed by atoms with E-state index in [4.69, 9.17) is 4.98 Å². The predicted octanol–water partition coefficient (Wildman–Crippen LogP) is 2.67. The maximum atomic E-state index is 12.6.